The minimum absolute atomic E-state index is 0. The predicted molar refractivity (Wildman–Crippen MR) is 133 cm³/mol. The Morgan fingerprint density at radius 1 is 1.29 bits per heavy atom. The number of likely N-dealkylation sites (tertiary alicyclic amines) is 2. The summed E-state index contributed by atoms with van der Waals surface area (Å²) in [7, 11) is 1.81. The number of amides is 1. The van der Waals surface area contributed by atoms with Gasteiger partial charge in [0.1, 0.15) is 11.4 Å². The van der Waals surface area contributed by atoms with E-state index in [1.54, 1.807) is 13.3 Å². The van der Waals surface area contributed by atoms with Crippen molar-refractivity contribution in [2.45, 2.75) is 64.1 Å². The van der Waals surface area contributed by atoms with Crippen molar-refractivity contribution in [1.82, 2.24) is 20.4 Å². The molecule has 176 valence electrons. The van der Waals surface area contributed by atoms with Crippen LogP contribution in [0, 0.1) is 0 Å². The van der Waals surface area contributed by atoms with E-state index in [-0.39, 0.29) is 42.2 Å². The molecule has 0 spiro atoms. The van der Waals surface area contributed by atoms with Gasteiger partial charge in [-0.15, -0.1) is 24.0 Å². The summed E-state index contributed by atoms with van der Waals surface area (Å²) in [5, 5.41) is 6.51. The lowest BCUT2D eigenvalue weighted by Crippen LogP contribution is -2.47. The smallest absolute Gasteiger partial charge is 0.407 e. The minimum Gasteiger partial charge on any atom is -0.468 e. The summed E-state index contributed by atoms with van der Waals surface area (Å²) in [6.07, 6.45) is 6.02. The van der Waals surface area contributed by atoms with E-state index in [4.69, 9.17) is 9.15 Å². The van der Waals surface area contributed by atoms with Crippen molar-refractivity contribution in [1.29, 1.82) is 0 Å². The molecule has 2 aliphatic rings. The fraction of sp³-hybridized carbons (Fsp3) is 0.727. The highest BCUT2D eigenvalue weighted by atomic mass is 127. The fourth-order valence-corrected chi connectivity index (χ4v) is 4.19. The van der Waals surface area contributed by atoms with Gasteiger partial charge in [0.2, 0.25) is 0 Å². The predicted octanol–water partition coefficient (Wildman–Crippen LogP) is 3.60. The molecule has 3 rings (SSSR count). The molecule has 1 aromatic rings. The summed E-state index contributed by atoms with van der Waals surface area (Å²) < 4.78 is 11.1. The van der Waals surface area contributed by atoms with Crippen LogP contribution in [-0.4, -0.2) is 73.3 Å². The minimum atomic E-state index is -0.491. The third-order valence-corrected chi connectivity index (χ3v) is 5.58. The summed E-state index contributed by atoms with van der Waals surface area (Å²) in [5.41, 5.74) is -0.491. The van der Waals surface area contributed by atoms with Gasteiger partial charge in [-0.2, -0.15) is 0 Å². The van der Waals surface area contributed by atoms with Gasteiger partial charge >= 0.3 is 6.09 Å². The molecule has 0 aromatic carbocycles. The van der Waals surface area contributed by atoms with Gasteiger partial charge in [-0.1, -0.05) is 6.42 Å². The molecule has 0 bridgehead atoms. The van der Waals surface area contributed by atoms with Gasteiger partial charge in [-0.25, -0.2) is 4.79 Å². The number of hydrogen-bond acceptors (Lipinski definition) is 5. The first kappa shape index (κ1) is 25.8. The monoisotopic (exact) mass is 547 g/mol. The van der Waals surface area contributed by atoms with Crippen molar-refractivity contribution in [2.75, 3.05) is 39.8 Å². The highest BCUT2D eigenvalue weighted by Crippen LogP contribution is 2.24. The van der Waals surface area contributed by atoms with Crippen LogP contribution in [-0.2, 0) is 4.74 Å². The first-order valence-corrected chi connectivity index (χ1v) is 11.1. The van der Waals surface area contributed by atoms with Crippen LogP contribution in [0.1, 0.15) is 58.3 Å². The molecule has 0 radical (unpaired) electrons. The van der Waals surface area contributed by atoms with E-state index in [9.17, 15) is 4.79 Å². The molecule has 2 N–H and O–H groups in total. The molecule has 2 fully saturated rings. The molecule has 2 unspecified atom stereocenters. The Morgan fingerprint density at radius 3 is 2.65 bits per heavy atom. The van der Waals surface area contributed by atoms with E-state index in [0.29, 0.717) is 6.54 Å². The Bertz CT molecular complexity index is 698. The molecule has 31 heavy (non-hydrogen) atoms. The molecule has 2 aliphatic heterocycles. The Morgan fingerprint density at radius 2 is 2.03 bits per heavy atom. The quantitative estimate of drug-likeness (QED) is 0.333. The lowest BCUT2D eigenvalue weighted by molar-refractivity contribution is 0.0507. The van der Waals surface area contributed by atoms with Crippen LogP contribution in [0.5, 0.6) is 0 Å². The summed E-state index contributed by atoms with van der Waals surface area (Å²) in [6.45, 7) is 10.1. The van der Waals surface area contributed by atoms with Gasteiger partial charge in [-0.05, 0) is 65.3 Å². The van der Waals surface area contributed by atoms with Gasteiger partial charge in [0.15, 0.2) is 5.96 Å². The summed E-state index contributed by atoms with van der Waals surface area (Å²) in [4.78, 5) is 21.2. The zero-order valence-electron chi connectivity index (χ0n) is 19.2. The average molecular weight is 547 g/mol. The normalized spacial score (nSPS) is 21.4. The number of aliphatic imine (C=N–C) groups is 1. The summed E-state index contributed by atoms with van der Waals surface area (Å²) in [6, 6.07) is 4.26. The van der Waals surface area contributed by atoms with E-state index in [2.05, 4.69) is 31.5 Å². The zero-order chi connectivity index (χ0) is 21.6. The number of carbonyl (C=O) groups excluding carboxylic acids is 1. The van der Waals surface area contributed by atoms with E-state index < -0.39 is 5.60 Å². The summed E-state index contributed by atoms with van der Waals surface area (Å²) in [5.74, 6) is 1.85. The third kappa shape index (κ3) is 7.85. The van der Waals surface area contributed by atoms with Crippen molar-refractivity contribution >= 4 is 36.0 Å². The number of nitrogens with zero attached hydrogens (tertiary/aromatic N) is 3. The number of piperidine rings is 1. The van der Waals surface area contributed by atoms with Crippen LogP contribution in [0.2, 0.25) is 0 Å². The number of furan rings is 1. The second-order valence-corrected chi connectivity index (χ2v) is 9.13. The number of halogens is 1. The molecular formula is C22H38IN5O3. The van der Waals surface area contributed by atoms with E-state index >= 15 is 0 Å². The number of carbonyl (C=O) groups is 1. The molecule has 2 atom stereocenters. The molecule has 8 nitrogen and oxygen atoms in total. The molecule has 1 aromatic heterocycles. The topological polar surface area (TPSA) is 82.3 Å². The maximum absolute atomic E-state index is 12.1. The van der Waals surface area contributed by atoms with Crippen molar-refractivity contribution in [2.24, 2.45) is 4.99 Å². The van der Waals surface area contributed by atoms with E-state index in [1.807, 2.05) is 26.8 Å². The molecule has 0 saturated carbocycles. The van der Waals surface area contributed by atoms with Gasteiger partial charge < -0.3 is 24.7 Å². The molecule has 0 aliphatic carbocycles. The third-order valence-electron chi connectivity index (χ3n) is 5.58. The highest BCUT2D eigenvalue weighted by molar-refractivity contribution is 14.0. The van der Waals surface area contributed by atoms with E-state index in [0.717, 1.165) is 44.3 Å². The maximum atomic E-state index is 12.1. The number of nitrogens with one attached hydrogen (secondary N) is 2. The molecule has 2 saturated heterocycles. The fourth-order valence-electron chi connectivity index (χ4n) is 4.19. The molecule has 1 amide bonds. The standard InChI is InChI=1S/C22H37N5O3.HI/c1-22(2,3)30-21(28)25-17-10-13-27(16-17)20(23-4)24-15-18(19-9-8-14-29-19)26-11-6-5-7-12-26;/h8-9,14,17-18H,5-7,10-13,15-16H2,1-4H3,(H,23,24)(H,25,28);1H. The van der Waals surface area contributed by atoms with E-state index in [1.165, 1.54) is 19.3 Å². The zero-order valence-corrected chi connectivity index (χ0v) is 21.6. The Hall–Kier alpha value is -1.49. The van der Waals surface area contributed by atoms with Crippen molar-refractivity contribution < 1.29 is 13.9 Å². The number of ether oxygens (including phenoxy) is 1. The first-order valence-electron chi connectivity index (χ1n) is 11.1. The second kappa shape index (κ2) is 11.9. The Labute approximate surface area is 203 Å². The van der Waals surface area contributed by atoms with Crippen LogP contribution in [0.25, 0.3) is 0 Å². The van der Waals surface area contributed by atoms with Crippen molar-refractivity contribution in [3.05, 3.63) is 24.2 Å². The molecular weight excluding hydrogens is 509 g/mol. The highest BCUT2D eigenvalue weighted by Gasteiger charge is 2.29. The SMILES string of the molecule is CN=C(NCC(c1ccco1)N1CCCCC1)N1CCC(NC(=O)OC(C)(C)C)C1.I. The molecule has 3 heterocycles. The van der Waals surface area contributed by atoms with Crippen LogP contribution >= 0.6 is 24.0 Å². The number of guanidine groups is 1. The van der Waals surface area contributed by atoms with Crippen LogP contribution in [0.15, 0.2) is 27.8 Å². The van der Waals surface area contributed by atoms with Gasteiger partial charge in [0, 0.05) is 26.7 Å². The van der Waals surface area contributed by atoms with Crippen LogP contribution < -0.4 is 10.6 Å². The molecule has 9 heteroatoms. The number of rotatable bonds is 5. The Balaban J connectivity index is 0.00000341. The van der Waals surface area contributed by atoms with Gasteiger partial charge in [0.05, 0.1) is 18.3 Å². The lowest BCUT2D eigenvalue weighted by atomic mass is 10.1. The Kier molecular flexibility index (Phi) is 9.92. The lowest BCUT2D eigenvalue weighted by Gasteiger charge is -2.34. The largest absolute Gasteiger partial charge is 0.468 e. The maximum Gasteiger partial charge on any atom is 0.407 e. The van der Waals surface area contributed by atoms with Crippen LogP contribution in [0.4, 0.5) is 4.79 Å². The average Bonchev–Trinajstić information content (AvgIpc) is 3.37. The van der Waals surface area contributed by atoms with Crippen molar-refractivity contribution in [3.63, 3.8) is 0 Å². The second-order valence-electron chi connectivity index (χ2n) is 9.13. The van der Waals surface area contributed by atoms with Gasteiger partial charge in [-0.3, -0.25) is 9.89 Å². The summed E-state index contributed by atoms with van der Waals surface area (Å²) >= 11 is 0. The first-order chi connectivity index (χ1) is 14.4. The van der Waals surface area contributed by atoms with Crippen molar-refractivity contribution in [3.8, 4) is 0 Å². The van der Waals surface area contributed by atoms with Gasteiger partial charge in [0.25, 0.3) is 0 Å². The number of alkyl carbamates (subject to hydrolysis) is 1. The van der Waals surface area contributed by atoms with Crippen LogP contribution in [0.3, 0.4) is 0 Å². The number of hydrogen-bond donors (Lipinski definition) is 2.